The highest BCUT2D eigenvalue weighted by atomic mass is 31.2. The molecule has 1 saturated heterocycles. The number of imidazole rings is 1. The van der Waals surface area contributed by atoms with E-state index in [4.69, 9.17) is 14.5 Å². The molecular weight excluding hydrogens is 640 g/mol. The Labute approximate surface area is 245 Å². The number of nitrogens with zero attached hydrogens (tertiary/aromatic N) is 8. The van der Waals surface area contributed by atoms with E-state index in [-0.39, 0.29) is 39.4 Å². The second kappa shape index (κ2) is 10.7. The molecule has 1 aliphatic rings. The lowest BCUT2D eigenvalue weighted by molar-refractivity contribution is -0.141. The van der Waals surface area contributed by atoms with Crippen molar-refractivity contribution in [1.82, 2.24) is 38.9 Å². The third-order valence-corrected chi connectivity index (χ3v) is 7.14. The van der Waals surface area contributed by atoms with Crippen LogP contribution in [0.1, 0.15) is 0 Å². The monoisotopic (exact) mass is 659 g/mol. The van der Waals surface area contributed by atoms with Crippen LogP contribution in [0.5, 0.6) is 5.88 Å². The zero-order valence-corrected chi connectivity index (χ0v) is 23.2. The molecule has 0 radical (unpaired) electrons. The van der Waals surface area contributed by atoms with Crippen molar-refractivity contribution in [2.24, 2.45) is 0 Å². The summed E-state index contributed by atoms with van der Waals surface area (Å²) in [7, 11) is -4.98. The van der Waals surface area contributed by atoms with Crippen molar-refractivity contribution >= 4 is 30.1 Å². The molecule has 0 spiro atoms. The molecule has 6 rings (SSSR count). The minimum atomic E-state index is -4.98. The van der Waals surface area contributed by atoms with Gasteiger partial charge in [0.1, 0.15) is 19.0 Å². The zero-order valence-electron chi connectivity index (χ0n) is 22.3. The normalized spacial score (nSPS) is 17.0. The summed E-state index contributed by atoms with van der Waals surface area (Å²) in [6.45, 7) is -3.69. The number of halogens is 5. The van der Waals surface area contributed by atoms with E-state index in [1.54, 1.807) is 0 Å². The Hall–Kier alpha value is -4.72. The van der Waals surface area contributed by atoms with E-state index in [2.05, 4.69) is 24.7 Å². The first kappa shape index (κ1) is 30.3. The van der Waals surface area contributed by atoms with Crippen LogP contribution in [0.3, 0.4) is 0 Å². The number of aromatic nitrogens is 8. The summed E-state index contributed by atoms with van der Waals surface area (Å²) >= 11 is 0. The van der Waals surface area contributed by atoms with Crippen molar-refractivity contribution in [2.45, 2.75) is 31.5 Å². The summed E-state index contributed by atoms with van der Waals surface area (Å²) in [5.74, 6) is -3.86. The maximum atomic E-state index is 15.3. The molecule has 5 aromatic rings. The average Bonchev–Trinajstić information content (AvgIpc) is 3.63. The van der Waals surface area contributed by atoms with Crippen LogP contribution in [0.4, 0.5) is 27.6 Å². The Kier molecular flexibility index (Phi) is 7.22. The van der Waals surface area contributed by atoms with Gasteiger partial charge in [-0.1, -0.05) is 0 Å². The van der Waals surface area contributed by atoms with Gasteiger partial charge in [-0.25, -0.2) is 32.6 Å². The first-order valence-electron chi connectivity index (χ1n) is 12.6. The van der Waals surface area contributed by atoms with E-state index in [0.29, 0.717) is 9.25 Å². The van der Waals surface area contributed by atoms with Crippen molar-refractivity contribution in [3.05, 3.63) is 64.0 Å². The summed E-state index contributed by atoms with van der Waals surface area (Å²) < 4.78 is 92.9. The van der Waals surface area contributed by atoms with E-state index in [1.165, 1.54) is 27.9 Å². The lowest BCUT2D eigenvalue weighted by Gasteiger charge is -2.19. The van der Waals surface area contributed by atoms with Gasteiger partial charge in [-0.3, -0.25) is 23.6 Å². The number of phosphoric acid groups is 1. The highest BCUT2D eigenvalue weighted by molar-refractivity contribution is 7.46. The second-order valence-corrected chi connectivity index (χ2v) is 11.1. The molecule has 0 unspecified atom stereocenters. The van der Waals surface area contributed by atoms with Gasteiger partial charge in [0, 0.05) is 36.2 Å². The number of hydrogen-bond acceptors (Lipinski definition) is 10. The summed E-state index contributed by atoms with van der Waals surface area (Å²) in [5.41, 5.74) is -2.22. The number of alkyl halides is 5. The first-order chi connectivity index (χ1) is 21.1. The zero-order chi connectivity index (χ0) is 32.3. The number of fused-ring (bicyclic) bond motifs is 2. The van der Waals surface area contributed by atoms with Crippen LogP contribution in [0.15, 0.2) is 52.7 Å². The molecule has 22 heteroatoms. The van der Waals surface area contributed by atoms with Crippen molar-refractivity contribution in [3.8, 4) is 17.1 Å². The molecule has 0 bridgehead atoms. The number of aromatic amines is 1. The van der Waals surface area contributed by atoms with Gasteiger partial charge < -0.3 is 19.4 Å². The van der Waals surface area contributed by atoms with Crippen LogP contribution in [-0.2, 0) is 22.4 Å². The molecule has 238 valence electrons. The minimum absolute atomic E-state index is 0.0221. The predicted molar refractivity (Wildman–Crippen MR) is 142 cm³/mol. The molecule has 0 aromatic carbocycles. The quantitative estimate of drug-likeness (QED) is 0.161. The molecule has 5 aromatic heterocycles. The van der Waals surface area contributed by atoms with Crippen molar-refractivity contribution in [3.63, 3.8) is 0 Å². The molecule has 1 fully saturated rings. The Morgan fingerprint density at radius 3 is 2.67 bits per heavy atom. The fourth-order valence-corrected chi connectivity index (χ4v) is 4.99. The summed E-state index contributed by atoms with van der Waals surface area (Å²) in [6.07, 6.45) is -0.467. The average molecular weight is 659 g/mol. The Bertz CT molecular complexity index is 2090. The van der Waals surface area contributed by atoms with Gasteiger partial charge in [-0.2, -0.15) is 23.4 Å². The molecule has 0 aliphatic carbocycles. The van der Waals surface area contributed by atoms with Crippen molar-refractivity contribution in [1.29, 1.82) is 0 Å². The predicted octanol–water partition coefficient (Wildman–Crippen LogP) is 1.52. The van der Waals surface area contributed by atoms with Gasteiger partial charge in [0.25, 0.3) is 5.56 Å². The molecule has 16 nitrogen and oxygen atoms in total. The highest BCUT2D eigenvalue weighted by Gasteiger charge is 2.51. The van der Waals surface area contributed by atoms with Gasteiger partial charge in [0.05, 0.1) is 36.1 Å². The molecule has 0 amide bonds. The molecule has 1 atom stereocenters. The van der Waals surface area contributed by atoms with E-state index < -0.39 is 63.6 Å². The third-order valence-electron chi connectivity index (χ3n) is 6.68. The number of phosphoric ester groups is 1. The van der Waals surface area contributed by atoms with E-state index in [0.717, 1.165) is 24.7 Å². The lowest BCUT2D eigenvalue weighted by atomic mass is 10.2. The third kappa shape index (κ3) is 6.27. The van der Waals surface area contributed by atoms with Crippen LogP contribution in [0.2, 0.25) is 0 Å². The Morgan fingerprint density at radius 1 is 1.16 bits per heavy atom. The van der Waals surface area contributed by atoms with Gasteiger partial charge >= 0.3 is 25.6 Å². The van der Waals surface area contributed by atoms with Crippen LogP contribution >= 0.6 is 7.82 Å². The van der Waals surface area contributed by atoms with Crippen LogP contribution in [0.25, 0.3) is 27.8 Å². The fraction of sp³-hybridized carbons (Fsp3) is 0.304. The van der Waals surface area contributed by atoms with Gasteiger partial charge in [-0.05, 0) is 6.07 Å². The number of rotatable bonds is 8. The molecule has 3 N–H and O–H groups in total. The van der Waals surface area contributed by atoms with Crippen LogP contribution < -0.4 is 20.9 Å². The van der Waals surface area contributed by atoms with Crippen molar-refractivity contribution < 1.29 is 45.6 Å². The smallest absolute Gasteiger partial charge is 0.466 e. The number of ether oxygens (including phenoxy) is 1. The minimum Gasteiger partial charge on any atom is -0.466 e. The van der Waals surface area contributed by atoms with Crippen molar-refractivity contribution in [2.75, 3.05) is 18.0 Å². The number of hydrogen-bond donors (Lipinski definition) is 3. The number of H-pyrrole nitrogens is 1. The van der Waals surface area contributed by atoms with Gasteiger partial charge in [0.15, 0.2) is 11.8 Å². The van der Waals surface area contributed by atoms with Gasteiger partial charge in [0.2, 0.25) is 5.88 Å². The molecular formula is C23H19F5N9O7P. The molecule has 6 heterocycles. The van der Waals surface area contributed by atoms with E-state index in [1.807, 2.05) is 4.98 Å². The van der Waals surface area contributed by atoms with Crippen LogP contribution in [-0.4, -0.2) is 80.0 Å². The highest BCUT2D eigenvalue weighted by Crippen LogP contribution is 2.37. The Morgan fingerprint density at radius 2 is 1.93 bits per heavy atom. The van der Waals surface area contributed by atoms with Crippen LogP contribution in [0, 0.1) is 0 Å². The standard InChI is InChI=1S/C23H19F5N9O7P/c24-22(25)9-34(8-17(22)44-18-4-15-12(5-30-18)6-31-37(15)10-23(26,27)28)16-3-14(33-36-2-1-29-19(16)36)13-7-35(11-43-45(40,41)42)21(39)32-20(13)38/h1-7,17H,8-11H2,(H,32,38,39)(H2,40,41,42)/t17-/m0/s1. The number of nitrogens with one attached hydrogen (secondary N) is 1. The first-order valence-corrected chi connectivity index (χ1v) is 14.2. The molecule has 45 heavy (non-hydrogen) atoms. The fourth-order valence-electron chi connectivity index (χ4n) is 4.71. The summed E-state index contributed by atoms with van der Waals surface area (Å²) in [6, 6.07) is 2.34. The summed E-state index contributed by atoms with van der Waals surface area (Å²) in [4.78, 5) is 54.0. The van der Waals surface area contributed by atoms with Gasteiger partial charge in [-0.15, -0.1) is 0 Å². The van der Waals surface area contributed by atoms with E-state index >= 15 is 8.78 Å². The molecule has 0 saturated carbocycles. The number of pyridine rings is 1. The maximum Gasteiger partial charge on any atom is 0.471 e. The SMILES string of the molecule is O=c1[nH]c(=O)n(COP(=O)(O)O)cc1-c1cc(N2C[C@H](Oc3cc4c(cn3)cnn4CC(F)(F)F)C(F)(F)C2)c2nccn2n1. The largest absolute Gasteiger partial charge is 0.471 e. The summed E-state index contributed by atoms with van der Waals surface area (Å²) in [5, 5.41) is 8.15. The number of anilines is 1. The molecule has 1 aliphatic heterocycles. The maximum absolute atomic E-state index is 15.3. The lowest BCUT2D eigenvalue weighted by Crippen LogP contribution is -2.36. The Balaban J connectivity index is 1.32. The topological polar surface area (TPSA) is 195 Å². The van der Waals surface area contributed by atoms with E-state index in [9.17, 15) is 27.3 Å². The second-order valence-electron chi connectivity index (χ2n) is 9.88.